The molecule has 0 aliphatic carbocycles. The number of unbranched alkanes of at least 4 members (excludes halogenated alkanes) is 36. The number of rotatable bonds is 74. The molecule has 10 heteroatoms. The Morgan fingerprint density at radius 3 is 0.816 bits per heavy atom. The minimum Gasteiger partial charge on any atom is -0.462 e. The maximum atomic E-state index is 12.9. The monoisotopic (exact) mass is 1380 g/mol. The number of esters is 2. The van der Waals surface area contributed by atoms with Crippen LogP contribution in [0.5, 0.6) is 0 Å². The van der Waals surface area contributed by atoms with E-state index in [4.69, 9.17) is 18.5 Å². The molecule has 98 heavy (non-hydrogen) atoms. The summed E-state index contributed by atoms with van der Waals surface area (Å²) in [6, 6.07) is 0. The number of carbonyl (C=O) groups is 2. The average molecular weight is 1380 g/mol. The zero-order valence-electron chi connectivity index (χ0n) is 64.2. The fourth-order valence-electron chi connectivity index (χ4n) is 11.3. The number of hydrogen-bond donors (Lipinski definition) is 1. The lowest BCUT2D eigenvalue weighted by Gasteiger charge is -2.24. The van der Waals surface area contributed by atoms with Gasteiger partial charge >= 0.3 is 19.8 Å². The Labute approximate surface area is 605 Å². The highest BCUT2D eigenvalue weighted by atomic mass is 31.2. The van der Waals surface area contributed by atoms with Crippen LogP contribution in [0.3, 0.4) is 0 Å². The van der Waals surface area contributed by atoms with Gasteiger partial charge in [0.25, 0.3) is 0 Å². The van der Waals surface area contributed by atoms with Crippen molar-refractivity contribution in [2.75, 3.05) is 47.5 Å². The van der Waals surface area contributed by atoms with Crippen LogP contribution in [0.1, 0.15) is 348 Å². The van der Waals surface area contributed by atoms with Crippen molar-refractivity contribution in [1.29, 1.82) is 0 Å². The summed E-state index contributed by atoms with van der Waals surface area (Å²) in [5.74, 6) is -0.787. The highest BCUT2D eigenvalue weighted by Gasteiger charge is 2.27. The van der Waals surface area contributed by atoms with E-state index in [1.807, 2.05) is 21.1 Å². The molecule has 2 unspecified atom stereocenters. The number of hydrogen-bond acceptors (Lipinski definition) is 7. The number of allylic oxidation sites excluding steroid dienone is 24. The lowest BCUT2D eigenvalue weighted by molar-refractivity contribution is -0.870. The average Bonchev–Trinajstić information content (AvgIpc) is 1.14. The van der Waals surface area contributed by atoms with Crippen LogP contribution in [0.15, 0.2) is 146 Å². The van der Waals surface area contributed by atoms with Gasteiger partial charge in [-0.1, -0.05) is 365 Å². The molecule has 562 valence electrons. The van der Waals surface area contributed by atoms with Crippen molar-refractivity contribution in [3.05, 3.63) is 146 Å². The van der Waals surface area contributed by atoms with Crippen molar-refractivity contribution in [2.24, 2.45) is 0 Å². The molecule has 0 saturated heterocycles. The fraction of sp³-hybridized carbons (Fsp3) is 0.705. The van der Waals surface area contributed by atoms with Crippen molar-refractivity contribution < 1.29 is 42.1 Å². The van der Waals surface area contributed by atoms with Crippen molar-refractivity contribution in [3.8, 4) is 0 Å². The third kappa shape index (κ3) is 80.9. The molecule has 0 spiro atoms. The largest absolute Gasteiger partial charge is 0.472 e. The highest BCUT2D eigenvalue weighted by Crippen LogP contribution is 2.43. The van der Waals surface area contributed by atoms with Crippen LogP contribution < -0.4 is 0 Å². The molecular weight excluding hydrogens is 1230 g/mol. The van der Waals surface area contributed by atoms with Gasteiger partial charge in [0.05, 0.1) is 27.7 Å². The van der Waals surface area contributed by atoms with Crippen LogP contribution in [0.2, 0.25) is 0 Å². The Morgan fingerprint density at radius 1 is 0.316 bits per heavy atom. The first-order valence-corrected chi connectivity index (χ1v) is 42.1. The Morgan fingerprint density at radius 2 is 0.551 bits per heavy atom. The van der Waals surface area contributed by atoms with Gasteiger partial charge < -0.3 is 18.9 Å². The van der Waals surface area contributed by atoms with Gasteiger partial charge in [0.2, 0.25) is 0 Å². The number of ether oxygens (including phenoxy) is 2. The van der Waals surface area contributed by atoms with Crippen LogP contribution >= 0.6 is 7.82 Å². The van der Waals surface area contributed by atoms with Crippen molar-refractivity contribution in [3.63, 3.8) is 0 Å². The molecule has 0 saturated carbocycles. The molecule has 0 fully saturated rings. The second-order valence-corrected chi connectivity index (χ2v) is 29.5. The topological polar surface area (TPSA) is 108 Å². The molecular formula is C88H153NO8P+. The van der Waals surface area contributed by atoms with E-state index in [2.05, 4.69) is 160 Å². The Balaban J connectivity index is 3.96. The lowest BCUT2D eigenvalue weighted by Crippen LogP contribution is -2.37. The lowest BCUT2D eigenvalue weighted by atomic mass is 10.0. The molecule has 0 bridgehead atoms. The Kier molecular flexibility index (Phi) is 73.8. The summed E-state index contributed by atoms with van der Waals surface area (Å²) in [4.78, 5) is 36.0. The highest BCUT2D eigenvalue weighted by molar-refractivity contribution is 7.47. The molecule has 0 aromatic heterocycles. The van der Waals surface area contributed by atoms with Crippen LogP contribution in [0.25, 0.3) is 0 Å². The van der Waals surface area contributed by atoms with E-state index in [9.17, 15) is 19.0 Å². The van der Waals surface area contributed by atoms with E-state index in [1.165, 1.54) is 205 Å². The summed E-state index contributed by atoms with van der Waals surface area (Å²) in [5.41, 5.74) is 0. The summed E-state index contributed by atoms with van der Waals surface area (Å²) in [6.07, 6.45) is 114. The van der Waals surface area contributed by atoms with Gasteiger partial charge in [-0.2, -0.15) is 0 Å². The smallest absolute Gasteiger partial charge is 0.462 e. The molecule has 0 radical (unpaired) electrons. The molecule has 0 rings (SSSR count). The van der Waals surface area contributed by atoms with Gasteiger partial charge in [-0.3, -0.25) is 18.6 Å². The molecule has 0 aliphatic rings. The summed E-state index contributed by atoms with van der Waals surface area (Å²) >= 11 is 0. The van der Waals surface area contributed by atoms with Gasteiger partial charge in [-0.25, -0.2) is 4.57 Å². The van der Waals surface area contributed by atoms with E-state index in [0.717, 1.165) is 109 Å². The number of phosphoric ester groups is 1. The summed E-state index contributed by atoms with van der Waals surface area (Å²) < 4.78 is 34.8. The number of likely N-dealkylation sites (N-methyl/N-ethyl adjacent to an activating group) is 1. The van der Waals surface area contributed by atoms with Gasteiger partial charge in [0.15, 0.2) is 6.10 Å². The van der Waals surface area contributed by atoms with Crippen LogP contribution in [0, 0.1) is 0 Å². The fourth-order valence-corrected chi connectivity index (χ4v) is 12.0. The van der Waals surface area contributed by atoms with Crippen LogP contribution in [-0.4, -0.2) is 74.9 Å². The Hall–Kier alpha value is -4.11. The molecule has 1 N–H and O–H groups in total. The standard InChI is InChI=1S/C88H152NO8P/c1-6-8-10-12-14-16-18-20-22-24-26-28-30-32-34-36-38-40-42-44-46-48-50-52-54-56-58-60-62-64-66-68-70-72-74-76-78-80-87(90)94-84-86(85-96-98(92,93)95-83-82-89(3,4)5)97-88(91)81-79-77-75-73-71-69-67-65-63-61-59-57-55-53-51-49-47-45-43-41-39-37-35-33-31-29-27-25-23-21-19-17-15-13-11-9-7-2/h8-11,14-17,20-23,26-29,32-35,38-41,86H,6-7,12-13,18-19,24-25,30-31,36-37,42-85H2,1-5H3/p+1/b10-8-,11-9-,16-14-,17-15-,22-20-,23-21-,28-26-,29-27-,34-32-,35-33-,40-38-,41-39-. The number of carbonyl (C=O) groups excluding carboxylic acids is 2. The van der Waals surface area contributed by atoms with Crippen molar-refractivity contribution in [2.45, 2.75) is 354 Å². The van der Waals surface area contributed by atoms with E-state index < -0.39 is 26.5 Å². The number of quaternary nitrogens is 1. The molecule has 9 nitrogen and oxygen atoms in total. The predicted octanol–water partition coefficient (Wildman–Crippen LogP) is 27.3. The van der Waals surface area contributed by atoms with Gasteiger partial charge in [-0.15, -0.1) is 0 Å². The van der Waals surface area contributed by atoms with Gasteiger partial charge in [0.1, 0.15) is 19.8 Å². The summed E-state index contributed by atoms with van der Waals surface area (Å²) in [7, 11) is 1.48. The first-order chi connectivity index (χ1) is 48.0. The van der Waals surface area contributed by atoms with E-state index in [-0.39, 0.29) is 32.0 Å². The zero-order valence-corrected chi connectivity index (χ0v) is 65.1. The normalized spacial score (nSPS) is 13.8. The van der Waals surface area contributed by atoms with Crippen molar-refractivity contribution >= 4 is 19.8 Å². The maximum absolute atomic E-state index is 12.9. The SMILES string of the molecule is CC/C=C\C/C=C\C/C=C\C/C=C\C/C=C\C/C=C\CCCCCCCCCCCCCCCCCCCCC(=O)OCC(COP(=O)(O)OCC[N+](C)(C)C)OC(=O)CCCCCCCCCCCCCCCCCCCC/C=C\C/C=C\C/C=C\C/C=C\C/C=C\C/C=C\CC. The number of nitrogens with zero attached hydrogens (tertiary/aromatic N) is 1. The third-order valence-corrected chi connectivity index (χ3v) is 18.3. The first-order valence-electron chi connectivity index (χ1n) is 40.6. The number of phosphoric acid groups is 1. The minimum atomic E-state index is -4.40. The van der Waals surface area contributed by atoms with Gasteiger partial charge in [0, 0.05) is 12.8 Å². The first kappa shape index (κ1) is 93.9. The second-order valence-electron chi connectivity index (χ2n) is 28.0. The Bertz CT molecular complexity index is 2170. The molecule has 2 atom stereocenters. The van der Waals surface area contributed by atoms with Gasteiger partial charge in [-0.05, 0) is 116 Å². The second kappa shape index (κ2) is 77.1. The molecule has 0 aromatic rings. The molecule has 0 aromatic carbocycles. The van der Waals surface area contributed by atoms with Crippen LogP contribution in [0.4, 0.5) is 0 Å². The van der Waals surface area contributed by atoms with E-state index >= 15 is 0 Å². The summed E-state index contributed by atoms with van der Waals surface area (Å²) in [6.45, 7) is 4.24. The molecule has 0 heterocycles. The van der Waals surface area contributed by atoms with Crippen LogP contribution in [-0.2, 0) is 32.7 Å². The van der Waals surface area contributed by atoms with E-state index in [0.29, 0.717) is 17.4 Å². The zero-order chi connectivity index (χ0) is 71.1. The quantitative estimate of drug-likeness (QED) is 0.0211. The van der Waals surface area contributed by atoms with E-state index in [1.54, 1.807) is 0 Å². The maximum Gasteiger partial charge on any atom is 0.472 e. The predicted molar refractivity (Wildman–Crippen MR) is 427 cm³/mol. The summed E-state index contributed by atoms with van der Waals surface area (Å²) in [5, 5.41) is 0. The molecule has 0 amide bonds. The minimum absolute atomic E-state index is 0.0289. The molecule has 0 aliphatic heterocycles. The van der Waals surface area contributed by atoms with Crippen molar-refractivity contribution in [1.82, 2.24) is 0 Å². The third-order valence-electron chi connectivity index (χ3n) is 17.4.